The molecule has 8 nitrogen and oxygen atoms in total. The van der Waals surface area contributed by atoms with Gasteiger partial charge in [0.05, 0.1) is 11.6 Å². The third-order valence-corrected chi connectivity index (χ3v) is 5.05. The lowest BCUT2D eigenvalue weighted by molar-refractivity contribution is 0.0664. The van der Waals surface area contributed by atoms with Gasteiger partial charge in [-0.1, -0.05) is 18.2 Å². The van der Waals surface area contributed by atoms with Crippen LogP contribution in [0.3, 0.4) is 0 Å². The van der Waals surface area contributed by atoms with Crippen LogP contribution in [-0.4, -0.2) is 61.4 Å². The van der Waals surface area contributed by atoms with Crippen LogP contribution in [0.2, 0.25) is 0 Å². The van der Waals surface area contributed by atoms with Crippen LogP contribution in [0.4, 0.5) is 0 Å². The van der Waals surface area contributed by atoms with Gasteiger partial charge in [0.15, 0.2) is 5.82 Å². The van der Waals surface area contributed by atoms with Crippen molar-refractivity contribution < 1.29 is 9.59 Å². The van der Waals surface area contributed by atoms with E-state index in [-0.39, 0.29) is 17.9 Å². The van der Waals surface area contributed by atoms with Gasteiger partial charge in [0, 0.05) is 37.6 Å². The maximum atomic E-state index is 13.2. The van der Waals surface area contributed by atoms with Crippen LogP contribution in [-0.2, 0) is 0 Å². The number of nitrogens with zero attached hydrogens (tertiary/aromatic N) is 5. The van der Waals surface area contributed by atoms with E-state index >= 15 is 0 Å². The molecule has 1 aromatic carbocycles. The first-order valence-corrected chi connectivity index (χ1v) is 9.57. The van der Waals surface area contributed by atoms with Crippen LogP contribution in [0.1, 0.15) is 44.8 Å². The van der Waals surface area contributed by atoms with Crippen LogP contribution in [0.15, 0.2) is 54.9 Å². The van der Waals surface area contributed by atoms with E-state index in [1.807, 2.05) is 25.1 Å². The molecule has 2 amide bonds. The summed E-state index contributed by atoms with van der Waals surface area (Å²) in [6.45, 7) is 3.17. The molecule has 29 heavy (non-hydrogen) atoms. The molecular formula is C21H22N6O2. The summed E-state index contributed by atoms with van der Waals surface area (Å²) in [6, 6.07) is 12.4. The van der Waals surface area contributed by atoms with Gasteiger partial charge in [-0.25, -0.2) is 4.98 Å². The molecule has 148 valence electrons. The minimum absolute atomic E-state index is 0.0861. The summed E-state index contributed by atoms with van der Waals surface area (Å²) in [5.41, 5.74) is 1.15. The molecule has 0 bridgehead atoms. The standard InChI is InChI=1S/C21H22N6O2/c1-15-23-19(25-24-15)18-9-11-26(20(28)17-8-5-10-22-14-17)12-13-27(18)21(29)16-6-3-2-4-7-16/h2-8,10,14,18H,9,11-13H2,1H3,(H,23,24,25). The van der Waals surface area contributed by atoms with E-state index in [2.05, 4.69) is 20.2 Å². The molecule has 1 atom stereocenters. The highest BCUT2D eigenvalue weighted by Crippen LogP contribution is 2.27. The summed E-state index contributed by atoms with van der Waals surface area (Å²) in [6.07, 6.45) is 3.76. The number of benzene rings is 1. The molecule has 1 saturated heterocycles. The molecule has 0 saturated carbocycles. The largest absolute Gasteiger partial charge is 0.337 e. The molecular weight excluding hydrogens is 368 g/mol. The monoisotopic (exact) mass is 390 g/mol. The highest BCUT2D eigenvalue weighted by atomic mass is 16.2. The first kappa shape index (κ1) is 18.8. The molecule has 1 aliphatic rings. The summed E-state index contributed by atoms with van der Waals surface area (Å²) in [5, 5.41) is 7.15. The predicted molar refractivity (Wildman–Crippen MR) is 106 cm³/mol. The van der Waals surface area contributed by atoms with Crippen molar-refractivity contribution in [1.82, 2.24) is 30.0 Å². The Labute approximate surface area is 168 Å². The number of nitrogens with one attached hydrogen (secondary N) is 1. The molecule has 3 heterocycles. The van der Waals surface area contributed by atoms with Gasteiger partial charge in [-0.2, -0.15) is 5.10 Å². The SMILES string of the molecule is Cc1nc(C2CCN(C(=O)c3cccnc3)CCN2C(=O)c2ccccc2)n[nH]1. The maximum absolute atomic E-state index is 13.2. The number of aromatic nitrogens is 4. The number of carbonyl (C=O) groups excluding carboxylic acids is 2. The number of rotatable bonds is 3. The molecule has 0 aliphatic carbocycles. The second kappa shape index (κ2) is 8.22. The number of hydrogen-bond donors (Lipinski definition) is 1. The Morgan fingerprint density at radius 1 is 1.00 bits per heavy atom. The molecule has 1 fully saturated rings. The van der Waals surface area contributed by atoms with Gasteiger partial charge in [0.2, 0.25) is 0 Å². The molecule has 2 aromatic heterocycles. The summed E-state index contributed by atoms with van der Waals surface area (Å²) in [4.78, 5) is 38.2. The average molecular weight is 390 g/mol. The van der Waals surface area contributed by atoms with E-state index < -0.39 is 0 Å². The lowest BCUT2D eigenvalue weighted by atomic mass is 10.1. The van der Waals surface area contributed by atoms with Crippen molar-refractivity contribution in [3.05, 3.63) is 77.6 Å². The molecule has 1 N–H and O–H groups in total. The fraction of sp³-hybridized carbons (Fsp3) is 0.286. The van der Waals surface area contributed by atoms with E-state index in [4.69, 9.17) is 0 Å². The second-order valence-corrected chi connectivity index (χ2v) is 6.98. The first-order chi connectivity index (χ1) is 14.1. The van der Waals surface area contributed by atoms with Gasteiger partial charge in [0.1, 0.15) is 5.82 Å². The Morgan fingerprint density at radius 3 is 2.48 bits per heavy atom. The molecule has 8 heteroatoms. The van der Waals surface area contributed by atoms with Crippen molar-refractivity contribution >= 4 is 11.8 Å². The summed E-state index contributed by atoms with van der Waals surface area (Å²) in [5.74, 6) is 1.09. The lowest BCUT2D eigenvalue weighted by Gasteiger charge is -2.27. The summed E-state index contributed by atoms with van der Waals surface area (Å²) < 4.78 is 0. The number of hydrogen-bond acceptors (Lipinski definition) is 5. The van der Waals surface area contributed by atoms with E-state index in [1.165, 1.54) is 0 Å². The minimum atomic E-state index is -0.306. The maximum Gasteiger partial charge on any atom is 0.255 e. The fourth-order valence-electron chi connectivity index (χ4n) is 3.57. The van der Waals surface area contributed by atoms with Crippen LogP contribution in [0.25, 0.3) is 0 Å². The highest BCUT2D eigenvalue weighted by molar-refractivity contribution is 5.95. The number of H-pyrrole nitrogens is 1. The van der Waals surface area contributed by atoms with Gasteiger partial charge < -0.3 is 9.80 Å². The first-order valence-electron chi connectivity index (χ1n) is 9.57. The van der Waals surface area contributed by atoms with Crippen LogP contribution < -0.4 is 0 Å². The summed E-state index contributed by atoms with van der Waals surface area (Å²) >= 11 is 0. The van der Waals surface area contributed by atoms with Crippen molar-refractivity contribution in [3.63, 3.8) is 0 Å². The van der Waals surface area contributed by atoms with Gasteiger partial charge in [0.25, 0.3) is 11.8 Å². The Morgan fingerprint density at radius 2 is 1.79 bits per heavy atom. The second-order valence-electron chi connectivity index (χ2n) is 6.98. The van der Waals surface area contributed by atoms with Gasteiger partial charge in [-0.05, 0) is 37.6 Å². The lowest BCUT2D eigenvalue weighted by Crippen LogP contribution is -2.38. The van der Waals surface area contributed by atoms with Crippen LogP contribution in [0, 0.1) is 6.92 Å². The zero-order valence-electron chi connectivity index (χ0n) is 16.2. The van der Waals surface area contributed by atoms with E-state index in [0.29, 0.717) is 48.8 Å². The van der Waals surface area contributed by atoms with E-state index in [9.17, 15) is 9.59 Å². The van der Waals surface area contributed by atoms with Crippen LogP contribution >= 0.6 is 0 Å². The molecule has 0 spiro atoms. The minimum Gasteiger partial charge on any atom is -0.337 e. The topological polar surface area (TPSA) is 95.1 Å². The molecule has 3 aromatic rings. The van der Waals surface area contributed by atoms with Crippen molar-refractivity contribution in [1.29, 1.82) is 0 Å². The van der Waals surface area contributed by atoms with Crippen molar-refractivity contribution in [2.75, 3.05) is 19.6 Å². The Kier molecular flexibility index (Phi) is 5.33. The number of aromatic amines is 1. The fourth-order valence-corrected chi connectivity index (χ4v) is 3.57. The number of pyridine rings is 1. The molecule has 0 radical (unpaired) electrons. The normalized spacial score (nSPS) is 17.1. The van der Waals surface area contributed by atoms with Crippen LogP contribution in [0.5, 0.6) is 0 Å². The van der Waals surface area contributed by atoms with Crippen molar-refractivity contribution in [2.45, 2.75) is 19.4 Å². The highest BCUT2D eigenvalue weighted by Gasteiger charge is 2.33. The third-order valence-electron chi connectivity index (χ3n) is 5.05. The van der Waals surface area contributed by atoms with Crippen molar-refractivity contribution in [2.24, 2.45) is 0 Å². The van der Waals surface area contributed by atoms with Gasteiger partial charge >= 0.3 is 0 Å². The zero-order valence-corrected chi connectivity index (χ0v) is 16.2. The predicted octanol–water partition coefficient (Wildman–Crippen LogP) is 2.24. The quantitative estimate of drug-likeness (QED) is 0.740. The average Bonchev–Trinajstić information content (AvgIpc) is 3.07. The Bertz CT molecular complexity index is 989. The number of amides is 2. The molecule has 1 unspecified atom stereocenters. The van der Waals surface area contributed by atoms with E-state index in [1.54, 1.807) is 46.5 Å². The Balaban J connectivity index is 1.61. The summed E-state index contributed by atoms with van der Waals surface area (Å²) in [7, 11) is 0. The molecule has 4 rings (SSSR count). The zero-order chi connectivity index (χ0) is 20.2. The van der Waals surface area contributed by atoms with Gasteiger partial charge in [-0.3, -0.25) is 19.7 Å². The van der Waals surface area contributed by atoms with E-state index in [0.717, 1.165) is 0 Å². The molecule has 1 aliphatic heterocycles. The van der Waals surface area contributed by atoms with Crippen molar-refractivity contribution in [3.8, 4) is 0 Å². The number of aryl methyl sites for hydroxylation is 1. The Hall–Kier alpha value is -3.55. The number of carbonyl (C=O) groups is 2. The smallest absolute Gasteiger partial charge is 0.255 e. The third kappa shape index (κ3) is 4.01. The van der Waals surface area contributed by atoms with Gasteiger partial charge in [-0.15, -0.1) is 0 Å².